The van der Waals surface area contributed by atoms with Gasteiger partial charge in [-0.2, -0.15) is 0 Å². The molecule has 128 valence electrons. The second-order valence-corrected chi connectivity index (χ2v) is 6.15. The quantitative estimate of drug-likeness (QED) is 0.554. The fraction of sp³-hybridized carbons (Fsp3) is 0.125. The number of anilines is 1. The second-order valence-electron chi connectivity index (χ2n) is 5.12. The predicted molar refractivity (Wildman–Crippen MR) is 91.6 cm³/mol. The summed E-state index contributed by atoms with van der Waals surface area (Å²) in [6, 6.07) is 8.28. The molecule has 0 bridgehead atoms. The molecule has 2 aromatic carbocycles. The molecular formula is C16H12FN3O4S. The molecule has 1 N–H and O–H groups in total. The monoisotopic (exact) mass is 361 g/mol. The van der Waals surface area contributed by atoms with Gasteiger partial charge in [0.25, 0.3) is 5.69 Å². The molecule has 0 fully saturated rings. The zero-order valence-electron chi connectivity index (χ0n) is 13.0. The van der Waals surface area contributed by atoms with E-state index in [9.17, 15) is 19.3 Å². The lowest BCUT2D eigenvalue weighted by atomic mass is 10.1. The van der Waals surface area contributed by atoms with Crippen molar-refractivity contribution in [2.24, 2.45) is 0 Å². The number of fused-ring (bicyclic) bond motifs is 1. The van der Waals surface area contributed by atoms with Crippen LogP contribution < -0.4 is 10.1 Å². The van der Waals surface area contributed by atoms with Gasteiger partial charge in [0.15, 0.2) is 10.9 Å². The van der Waals surface area contributed by atoms with Crippen LogP contribution in [0.15, 0.2) is 36.4 Å². The van der Waals surface area contributed by atoms with Crippen molar-refractivity contribution in [1.29, 1.82) is 0 Å². The van der Waals surface area contributed by atoms with Gasteiger partial charge in [-0.1, -0.05) is 23.5 Å². The van der Waals surface area contributed by atoms with Crippen LogP contribution in [0.25, 0.3) is 10.2 Å². The van der Waals surface area contributed by atoms with Crippen LogP contribution in [0.1, 0.15) is 5.56 Å². The van der Waals surface area contributed by atoms with Crippen LogP contribution in [0.5, 0.6) is 5.75 Å². The summed E-state index contributed by atoms with van der Waals surface area (Å²) in [6.45, 7) is 0. The van der Waals surface area contributed by atoms with E-state index in [-0.39, 0.29) is 29.6 Å². The standard InChI is InChI=1S/C16H12FN3O4S/c1-24-12-7-11(20(22)23)8-13-15(12)19-16(25-13)18-14(21)6-9-2-4-10(17)5-3-9/h2-5,7-8H,6H2,1H3,(H,18,19,21). The van der Waals surface area contributed by atoms with Crippen LogP contribution in [0.4, 0.5) is 15.2 Å². The summed E-state index contributed by atoms with van der Waals surface area (Å²) in [5.41, 5.74) is 0.987. The van der Waals surface area contributed by atoms with E-state index < -0.39 is 4.92 Å². The Morgan fingerprint density at radius 2 is 2.08 bits per heavy atom. The Hall–Kier alpha value is -3.07. The first-order valence-corrected chi connectivity index (χ1v) is 7.95. The van der Waals surface area contributed by atoms with E-state index >= 15 is 0 Å². The first-order chi connectivity index (χ1) is 12.0. The van der Waals surface area contributed by atoms with Gasteiger partial charge in [-0.3, -0.25) is 14.9 Å². The van der Waals surface area contributed by atoms with Crippen molar-refractivity contribution in [2.45, 2.75) is 6.42 Å². The highest BCUT2D eigenvalue weighted by atomic mass is 32.1. The molecule has 9 heteroatoms. The summed E-state index contributed by atoms with van der Waals surface area (Å²) in [6.07, 6.45) is 0.0630. The number of ether oxygens (including phenoxy) is 1. The lowest BCUT2D eigenvalue weighted by molar-refractivity contribution is -0.384. The predicted octanol–water partition coefficient (Wildman–Crippen LogP) is 3.53. The number of hydrogen-bond acceptors (Lipinski definition) is 6. The largest absolute Gasteiger partial charge is 0.494 e. The highest BCUT2D eigenvalue weighted by Gasteiger charge is 2.17. The normalized spacial score (nSPS) is 10.6. The number of amides is 1. The molecule has 1 heterocycles. The topological polar surface area (TPSA) is 94.4 Å². The summed E-state index contributed by atoms with van der Waals surface area (Å²) in [4.78, 5) is 26.8. The van der Waals surface area contributed by atoms with Gasteiger partial charge in [-0.05, 0) is 17.7 Å². The minimum atomic E-state index is -0.519. The number of carbonyl (C=O) groups is 1. The van der Waals surface area contributed by atoms with Crippen molar-refractivity contribution in [3.8, 4) is 5.75 Å². The number of rotatable bonds is 5. The number of aromatic nitrogens is 1. The van der Waals surface area contributed by atoms with Crippen LogP contribution in [0, 0.1) is 15.9 Å². The maximum Gasteiger partial charge on any atom is 0.274 e. The lowest BCUT2D eigenvalue weighted by Crippen LogP contribution is -2.14. The van der Waals surface area contributed by atoms with Gasteiger partial charge in [0, 0.05) is 6.07 Å². The minimum Gasteiger partial charge on any atom is -0.494 e. The average Bonchev–Trinajstić information content (AvgIpc) is 2.98. The number of carbonyl (C=O) groups excluding carboxylic acids is 1. The Bertz CT molecular complexity index is 956. The third-order valence-corrected chi connectivity index (χ3v) is 4.32. The molecule has 0 radical (unpaired) electrons. The smallest absolute Gasteiger partial charge is 0.274 e. The number of methoxy groups -OCH3 is 1. The Kier molecular flexibility index (Phi) is 4.57. The lowest BCUT2D eigenvalue weighted by Gasteiger charge is -2.02. The number of nitro groups is 1. The van der Waals surface area contributed by atoms with E-state index in [1.165, 1.54) is 43.5 Å². The highest BCUT2D eigenvalue weighted by Crippen LogP contribution is 2.36. The summed E-state index contributed by atoms with van der Waals surface area (Å²) >= 11 is 1.11. The van der Waals surface area contributed by atoms with E-state index in [4.69, 9.17) is 4.74 Å². The Labute approximate surface area is 145 Å². The Morgan fingerprint density at radius 1 is 1.36 bits per heavy atom. The van der Waals surface area contributed by atoms with E-state index in [1.807, 2.05) is 0 Å². The maximum atomic E-state index is 12.9. The molecule has 3 aromatic rings. The van der Waals surface area contributed by atoms with Crippen LogP contribution in [0.2, 0.25) is 0 Å². The third kappa shape index (κ3) is 3.72. The molecule has 0 unspecified atom stereocenters. The van der Waals surface area contributed by atoms with Crippen LogP contribution >= 0.6 is 11.3 Å². The molecule has 7 nitrogen and oxygen atoms in total. The molecule has 1 aromatic heterocycles. The number of nitrogens with zero attached hydrogens (tertiary/aromatic N) is 2. The van der Waals surface area contributed by atoms with Crippen molar-refractivity contribution in [3.63, 3.8) is 0 Å². The van der Waals surface area contributed by atoms with Gasteiger partial charge in [-0.25, -0.2) is 9.37 Å². The zero-order chi connectivity index (χ0) is 18.0. The molecule has 25 heavy (non-hydrogen) atoms. The molecule has 3 rings (SSSR count). The summed E-state index contributed by atoms with van der Waals surface area (Å²) < 4.78 is 18.5. The zero-order valence-corrected chi connectivity index (χ0v) is 13.8. The third-order valence-electron chi connectivity index (χ3n) is 3.40. The van der Waals surface area contributed by atoms with Crippen LogP contribution in [0.3, 0.4) is 0 Å². The van der Waals surface area contributed by atoms with Gasteiger partial charge >= 0.3 is 0 Å². The summed E-state index contributed by atoms with van der Waals surface area (Å²) in [5.74, 6) is -0.428. The molecular weight excluding hydrogens is 349 g/mol. The number of nitrogens with one attached hydrogen (secondary N) is 1. The first kappa shape index (κ1) is 16.8. The Morgan fingerprint density at radius 3 is 2.72 bits per heavy atom. The van der Waals surface area contributed by atoms with Crippen molar-refractivity contribution in [3.05, 3.63) is 57.9 Å². The van der Waals surface area contributed by atoms with Crippen molar-refractivity contribution < 1.29 is 18.8 Å². The fourth-order valence-corrected chi connectivity index (χ4v) is 3.18. The first-order valence-electron chi connectivity index (χ1n) is 7.13. The van der Waals surface area contributed by atoms with E-state index in [0.717, 1.165) is 11.3 Å². The van der Waals surface area contributed by atoms with Crippen LogP contribution in [-0.4, -0.2) is 22.9 Å². The van der Waals surface area contributed by atoms with Gasteiger partial charge in [0.1, 0.15) is 11.3 Å². The van der Waals surface area contributed by atoms with E-state index in [2.05, 4.69) is 10.3 Å². The molecule has 1 amide bonds. The number of halogens is 1. The number of hydrogen-bond donors (Lipinski definition) is 1. The number of nitro benzene ring substituents is 1. The molecule has 0 aliphatic heterocycles. The van der Waals surface area contributed by atoms with Gasteiger partial charge in [0.2, 0.25) is 5.91 Å². The van der Waals surface area contributed by atoms with Crippen molar-refractivity contribution in [1.82, 2.24) is 4.98 Å². The van der Waals surface area contributed by atoms with Crippen LogP contribution in [-0.2, 0) is 11.2 Å². The average molecular weight is 361 g/mol. The highest BCUT2D eigenvalue weighted by molar-refractivity contribution is 7.22. The maximum absolute atomic E-state index is 12.9. The van der Waals surface area contributed by atoms with Crippen molar-refractivity contribution >= 4 is 38.3 Å². The SMILES string of the molecule is COc1cc([N+](=O)[O-])cc2sc(NC(=O)Cc3ccc(F)cc3)nc12. The summed E-state index contributed by atoms with van der Waals surface area (Å²) in [7, 11) is 1.39. The van der Waals surface area contributed by atoms with Gasteiger partial charge in [0.05, 0.1) is 29.2 Å². The second kappa shape index (κ2) is 6.81. The summed E-state index contributed by atoms with van der Waals surface area (Å²) in [5, 5.41) is 13.9. The molecule has 0 spiro atoms. The van der Waals surface area contributed by atoms with E-state index in [1.54, 1.807) is 0 Å². The number of benzene rings is 2. The van der Waals surface area contributed by atoms with Gasteiger partial charge < -0.3 is 10.1 Å². The number of thiazole rings is 1. The molecule has 0 aliphatic carbocycles. The van der Waals surface area contributed by atoms with Gasteiger partial charge in [-0.15, -0.1) is 0 Å². The minimum absolute atomic E-state index is 0.0630. The van der Waals surface area contributed by atoms with E-state index in [0.29, 0.717) is 20.9 Å². The fourth-order valence-electron chi connectivity index (χ4n) is 2.25. The Balaban J connectivity index is 1.82. The molecule has 0 saturated carbocycles. The number of non-ortho nitro benzene ring substituents is 1. The van der Waals surface area contributed by atoms with Crippen molar-refractivity contribution in [2.75, 3.05) is 12.4 Å². The molecule has 0 aliphatic rings. The molecule has 0 saturated heterocycles. The molecule has 0 atom stereocenters.